The molecule has 0 radical (unpaired) electrons. The summed E-state index contributed by atoms with van der Waals surface area (Å²) in [7, 11) is 1.63. The van der Waals surface area contributed by atoms with E-state index in [1.54, 1.807) is 30.4 Å². The van der Waals surface area contributed by atoms with Gasteiger partial charge in [-0.3, -0.25) is 9.69 Å². The lowest BCUT2D eigenvalue weighted by Crippen LogP contribution is -2.31. The monoisotopic (exact) mass is 401 g/mol. The molecule has 0 bridgehead atoms. The Hall–Kier alpha value is -2.31. The summed E-state index contributed by atoms with van der Waals surface area (Å²) in [5, 5.41) is 9.63. The molecule has 1 fully saturated rings. The Balaban J connectivity index is 1.77. The van der Waals surface area contributed by atoms with Gasteiger partial charge < -0.3 is 4.74 Å². The second-order valence-electron chi connectivity index (χ2n) is 5.97. The Bertz CT molecular complexity index is 851. The molecule has 0 saturated carbocycles. The smallest absolute Gasteiger partial charge is 0.242 e. The van der Waals surface area contributed by atoms with Crippen molar-refractivity contribution in [3.63, 3.8) is 0 Å². The van der Waals surface area contributed by atoms with Gasteiger partial charge in [0.2, 0.25) is 5.91 Å². The molecular weight excluding hydrogens is 382 g/mol. The third-order valence-electron chi connectivity index (χ3n) is 4.11. The average molecular weight is 402 g/mol. The predicted octanol–water partition coefficient (Wildman–Crippen LogP) is 4.59. The molecule has 0 aromatic heterocycles. The normalized spacial score (nSPS) is 18.6. The van der Waals surface area contributed by atoms with Crippen LogP contribution in [0.2, 0.25) is 5.02 Å². The predicted molar refractivity (Wildman–Crippen MR) is 112 cm³/mol. The minimum absolute atomic E-state index is 0.0683. The van der Waals surface area contributed by atoms with Crippen molar-refractivity contribution in [2.24, 2.45) is 10.2 Å². The standard InChI is InChI=1S/C20H20ClN3O2S/c1-3-18-19(25)24(13-15-6-10-17(26-2)11-7-15)20(27-18)23-22-12-14-4-8-16(21)9-5-14/h4-12,18H,3,13H2,1-2H3/b22-12-,23-20+/t18-/m0/s1. The highest BCUT2D eigenvalue weighted by Crippen LogP contribution is 2.31. The minimum atomic E-state index is -0.118. The summed E-state index contributed by atoms with van der Waals surface area (Å²) in [6.07, 6.45) is 2.40. The van der Waals surface area contributed by atoms with Gasteiger partial charge in [0, 0.05) is 5.02 Å². The number of rotatable bonds is 6. The Morgan fingerprint density at radius 1 is 1.19 bits per heavy atom. The summed E-state index contributed by atoms with van der Waals surface area (Å²) in [4.78, 5) is 14.4. The molecule has 1 saturated heterocycles. The lowest BCUT2D eigenvalue weighted by molar-refractivity contribution is -0.126. The first-order valence-corrected chi connectivity index (χ1v) is 9.84. The number of ether oxygens (including phenoxy) is 1. The molecule has 1 aliphatic heterocycles. The van der Waals surface area contributed by atoms with E-state index in [4.69, 9.17) is 16.3 Å². The Morgan fingerprint density at radius 3 is 2.52 bits per heavy atom. The van der Waals surface area contributed by atoms with Crippen LogP contribution in [0.15, 0.2) is 58.7 Å². The number of amidine groups is 1. The summed E-state index contributed by atoms with van der Waals surface area (Å²) in [6.45, 7) is 2.46. The van der Waals surface area contributed by atoms with E-state index in [-0.39, 0.29) is 11.2 Å². The van der Waals surface area contributed by atoms with Gasteiger partial charge in [-0.2, -0.15) is 5.10 Å². The third-order valence-corrected chi connectivity index (χ3v) is 5.69. The zero-order valence-corrected chi connectivity index (χ0v) is 16.7. The summed E-state index contributed by atoms with van der Waals surface area (Å²) < 4.78 is 5.18. The van der Waals surface area contributed by atoms with Crippen molar-refractivity contribution in [2.45, 2.75) is 25.1 Å². The molecule has 0 N–H and O–H groups in total. The Kier molecular flexibility index (Phi) is 6.53. The fourth-order valence-corrected chi connectivity index (χ4v) is 3.75. The molecule has 2 aromatic carbocycles. The van der Waals surface area contributed by atoms with Crippen molar-refractivity contribution in [3.8, 4) is 5.75 Å². The van der Waals surface area contributed by atoms with Crippen LogP contribution in [0.3, 0.4) is 0 Å². The van der Waals surface area contributed by atoms with E-state index >= 15 is 0 Å². The summed E-state index contributed by atoms with van der Waals surface area (Å²) in [5.41, 5.74) is 1.91. The minimum Gasteiger partial charge on any atom is -0.497 e. The third kappa shape index (κ3) is 4.90. The first kappa shape index (κ1) is 19.5. The van der Waals surface area contributed by atoms with Gasteiger partial charge in [-0.05, 0) is 41.8 Å². The molecule has 2 aromatic rings. The summed E-state index contributed by atoms with van der Waals surface area (Å²) in [6, 6.07) is 15.0. The number of halogens is 1. The highest BCUT2D eigenvalue weighted by atomic mass is 35.5. The second-order valence-corrected chi connectivity index (χ2v) is 7.57. The average Bonchev–Trinajstić information content (AvgIpc) is 2.99. The zero-order valence-electron chi connectivity index (χ0n) is 15.1. The number of amides is 1. The number of hydrogen-bond donors (Lipinski definition) is 0. The number of thioether (sulfide) groups is 1. The first-order chi connectivity index (χ1) is 13.1. The largest absolute Gasteiger partial charge is 0.497 e. The molecular formula is C20H20ClN3O2S. The summed E-state index contributed by atoms with van der Waals surface area (Å²) in [5.74, 6) is 0.854. The van der Waals surface area contributed by atoms with E-state index in [9.17, 15) is 4.79 Å². The van der Waals surface area contributed by atoms with E-state index in [0.717, 1.165) is 23.3 Å². The van der Waals surface area contributed by atoms with E-state index in [1.165, 1.54) is 11.8 Å². The maximum atomic E-state index is 12.7. The molecule has 1 heterocycles. The number of benzene rings is 2. The van der Waals surface area contributed by atoms with Crippen LogP contribution in [-0.4, -0.2) is 34.5 Å². The molecule has 27 heavy (non-hydrogen) atoms. The van der Waals surface area contributed by atoms with Gasteiger partial charge in [-0.1, -0.05) is 54.6 Å². The van der Waals surface area contributed by atoms with Crippen molar-refractivity contribution in [3.05, 3.63) is 64.7 Å². The van der Waals surface area contributed by atoms with Crippen LogP contribution in [0.5, 0.6) is 5.75 Å². The molecule has 140 valence electrons. The lowest BCUT2D eigenvalue weighted by Gasteiger charge is -2.16. The highest BCUT2D eigenvalue weighted by Gasteiger charge is 2.36. The van der Waals surface area contributed by atoms with Crippen LogP contribution in [-0.2, 0) is 11.3 Å². The van der Waals surface area contributed by atoms with Gasteiger partial charge in [0.25, 0.3) is 0 Å². The fourth-order valence-electron chi connectivity index (χ4n) is 2.60. The Labute approximate surface area is 168 Å². The zero-order chi connectivity index (χ0) is 19.2. The molecule has 0 spiro atoms. The number of hydrogen-bond acceptors (Lipinski definition) is 5. The van der Waals surface area contributed by atoms with Crippen molar-refractivity contribution in [1.29, 1.82) is 0 Å². The van der Waals surface area contributed by atoms with Crippen LogP contribution in [0.4, 0.5) is 0 Å². The van der Waals surface area contributed by atoms with Gasteiger partial charge in [-0.15, -0.1) is 5.10 Å². The number of carbonyl (C=O) groups excluding carboxylic acids is 1. The van der Waals surface area contributed by atoms with Crippen LogP contribution in [0.1, 0.15) is 24.5 Å². The highest BCUT2D eigenvalue weighted by molar-refractivity contribution is 8.15. The number of nitrogens with zero attached hydrogens (tertiary/aromatic N) is 3. The van der Waals surface area contributed by atoms with Gasteiger partial charge >= 0.3 is 0 Å². The molecule has 0 unspecified atom stereocenters. The van der Waals surface area contributed by atoms with Gasteiger partial charge in [0.1, 0.15) is 5.75 Å². The van der Waals surface area contributed by atoms with Crippen LogP contribution in [0.25, 0.3) is 0 Å². The quantitative estimate of drug-likeness (QED) is 0.525. The molecule has 0 aliphatic carbocycles. The maximum Gasteiger partial charge on any atom is 0.242 e. The van der Waals surface area contributed by atoms with Crippen molar-refractivity contribution < 1.29 is 9.53 Å². The molecule has 5 nitrogen and oxygen atoms in total. The topological polar surface area (TPSA) is 54.3 Å². The van der Waals surface area contributed by atoms with Crippen LogP contribution >= 0.6 is 23.4 Å². The number of methoxy groups -OCH3 is 1. The van der Waals surface area contributed by atoms with Gasteiger partial charge in [0.05, 0.1) is 25.1 Å². The maximum absolute atomic E-state index is 12.7. The summed E-state index contributed by atoms with van der Waals surface area (Å²) >= 11 is 7.34. The van der Waals surface area contributed by atoms with Crippen molar-refractivity contribution in [2.75, 3.05) is 7.11 Å². The molecule has 1 atom stereocenters. The molecule has 3 rings (SSSR count). The van der Waals surface area contributed by atoms with Crippen molar-refractivity contribution >= 4 is 40.7 Å². The SMILES string of the molecule is CC[C@@H]1S/C(=N/N=C\c2ccc(Cl)cc2)N(Cc2ccc(OC)cc2)C1=O. The fraction of sp³-hybridized carbons (Fsp3) is 0.250. The van der Waals surface area contributed by atoms with Crippen LogP contribution < -0.4 is 4.74 Å². The second kappa shape index (κ2) is 9.06. The van der Waals surface area contributed by atoms with Crippen LogP contribution in [0, 0.1) is 0 Å². The molecule has 1 aliphatic rings. The molecule has 1 amide bonds. The van der Waals surface area contributed by atoms with E-state index < -0.39 is 0 Å². The van der Waals surface area contributed by atoms with E-state index in [0.29, 0.717) is 16.7 Å². The van der Waals surface area contributed by atoms with Gasteiger partial charge in [0.15, 0.2) is 5.17 Å². The Morgan fingerprint density at radius 2 is 1.89 bits per heavy atom. The van der Waals surface area contributed by atoms with Crippen molar-refractivity contribution in [1.82, 2.24) is 4.90 Å². The lowest BCUT2D eigenvalue weighted by atomic mass is 10.2. The molecule has 7 heteroatoms. The van der Waals surface area contributed by atoms with E-state index in [1.807, 2.05) is 43.3 Å². The van der Waals surface area contributed by atoms with Gasteiger partial charge in [-0.25, -0.2) is 0 Å². The number of carbonyl (C=O) groups is 1. The first-order valence-electron chi connectivity index (χ1n) is 8.58. The van der Waals surface area contributed by atoms with E-state index in [2.05, 4.69) is 10.2 Å².